The van der Waals surface area contributed by atoms with Crippen LogP contribution in [0.3, 0.4) is 0 Å². The Balaban J connectivity index is 1.04. The monoisotopic (exact) mass is 813 g/mol. The van der Waals surface area contributed by atoms with Crippen LogP contribution in [0.4, 0.5) is 4.79 Å². The van der Waals surface area contributed by atoms with Crippen molar-refractivity contribution < 1.29 is 29.0 Å². The molecular weight excluding hydrogens is 773 g/mol. The number of fused-ring (bicyclic) bond motifs is 1. The molecule has 0 atom stereocenters. The van der Waals surface area contributed by atoms with Crippen LogP contribution in [0, 0.1) is 5.41 Å². The van der Waals surface area contributed by atoms with Crippen molar-refractivity contribution in [2.45, 2.75) is 45.3 Å². The number of pyridine rings is 3. The van der Waals surface area contributed by atoms with Crippen molar-refractivity contribution in [1.29, 1.82) is 0 Å². The topological polar surface area (TPSA) is 168 Å². The molecule has 0 saturated carbocycles. The van der Waals surface area contributed by atoms with E-state index >= 15 is 0 Å². The Hall–Kier alpha value is -5.51. The molecule has 57 heavy (non-hydrogen) atoms. The van der Waals surface area contributed by atoms with Gasteiger partial charge in [0.2, 0.25) is 17.7 Å². The number of nitrogens with zero attached hydrogens (tertiary/aromatic N) is 8. The van der Waals surface area contributed by atoms with Gasteiger partial charge in [0, 0.05) is 97.7 Å². The highest BCUT2D eigenvalue weighted by Crippen LogP contribution is 2.43. The number of methoxy groups -OCH3 is 2. The Bertz CT molecular complexity index is 2390. The van der Waals surface area contributed by atoms with E-state index in [0.29, 0.717) is 112 Å². The van der Waals surface area contributed by atoms with Crippen LogP contribution in [0.15, 0.2) is 54.9 Å². The van der Waals surface area contributed by atoms with Crippen LogP contribution in [-0.2, 0) is 22.7 Å². The molecule has 5 aromatic rings. The first-order valence-electron chi connectivity index (χ1n) is 18.6. The third-order valence-electron chi connectivity index (χ3n) is 11.1. The summed E-state index contributed by atoms with van der Waals surface area (Å²) in [5, 5.41) is 18.6. The number of carbonyl (C=O) groups is 3. The van der Waals surface area contributed by atoms with Crippen LogP contribution in [0.25, 0.3) is 39.3 Å². The van der Waals surface area contributed by atoms with Crippen LogP contribution in [0.5, 0.6) is 11.6 Å². The van der Waals surface area contributed by atoms with Crippen molar-refractivity contribution >= 4 is 46.8 Å². The van der Waals surface area contributed by atoms with E-state index in [4.69, 9.17) is 47.7 Å². The molecule has 0 aliphatic carbocycles. The summed E-state index contributed by atoms with van der Waals surface area (Å²) in [6.07, 6.45) is 4.09. The molecular formula is C40H41Cl2N9O6. The second-order valence-electron chi connectivity index (χ2n) is 14.9. The largest absolute Gasteiger partial charge is 0.493 e. The number of halogens is 2. The predicted molar refractivity (Wildman–Crippen MR) is 212 cm³/mol. The summed E-state index contributed by atoms with van der Waals surface area (Å²) in [6, 6.07) is 12.6. The molecule has 3 aliphatic rings. The number of ether oxygens (including phenoxy) is 2. The lowest BCUT2D eigenvalue weighted by atomic mass is 9.79. The highest BCUT2D eigenvalue weighted by Gasteiger charge is 2.48. The van der Waals surface area contributed by atoms with Crippen LogP contribution >= 0.6 is 23.2 Å². The highest BCUT2D eigenvalue weighted by molar-refractivity contribution is 6.39. The van der Waals surface area contributed by atoms with Crippen LogP contribution in [0.2, 0.25) is 10.0 Å². The number of piperidine rings is 1. The van der Waals surface area contributed by atoms with Gasteiger partial charge in [0.05, 0.1) is 48.7 Å². The third kappa shape index (κ3) is 7.42. The third-order valence-corrected chi connectivity index (χ3v) is 11.9. The minimum atomic E-state index is -1.05. The van der Waals surface area contributed by atoms with Gasteiger partial charge >= 0.3 is 6.09 Å². The molecule has 8 rings (SSSR count). The van der Waals surface area contributed by atoms with E-state index in [1.165, 1.54) is 18.9 Å². The van der Waals surface area contributed by atoms with Gasteiger partial charge in [0.1, 0.15) is 0 Å². The van der Waals surface area contributed by atoms with Crippen LogP contribution in [0.1, 0.15) is 37.6 Å². The molecule has 3 amide bonds. The Morgan fingerprint density at radius 3 is 2.46 bits per heavy atom. The molecule has 4 aromatic heterocycles. The second kappa shape index (κ2) is 15.4. The number of carbonyl (C=O) groups excluding carboxylic acids is 2. The standard InChI is InChI=1S/C40H41Cl2N9O6/c1-23(52)49-13-10-26(11-14-49)50(39(54)55)17-24-7-8-30(45-38(24)57-3)29-6-4-5-27(34(29)41)28-9-12-43-36(35(28)42)25-15-31(56-2)37-46-32(47-51(37)18-25)19-48-21-40(22-48)16-33(53)44-20-40/h4-9,12,15,18,26H,10-11,13-14,16-17,19-22H2,1-3H3,(H,44,53)(H,54,55). The number of rotatable bonds is 10. The normalized spacial score (nSPS) is 16.8. The molecule has 2 N–H and O–H groups in total. The van der Waals surface area contributed by atoms with Crippen molar-refractivity contribution in [3.8, 4) is 45.3 Å². The first-order valence-corrected chi connectivity index (χ1v) is 19.4. The van der Waals surface area contributed by atoms with Crippen molar-refractivity contribution in [2.75, 3.05) is 46.9 Å². The lowest BCUT2D eigenvalue weighted by molar-refractivity contribution is -0.130. The van der Waals surface area contributed by atoms with E-state index in [1.54, 1.807) is 40.9 Å². The molecule has 3 aliphatic heterocycles. The minimum absolute atomic E-state index is 0.00825. The summed E-state index contributed by atoms with van der Waals surface area (Å²) in [5.74, 6) is 1.52. The van der Waals surface area contributed by atoms with E-state index < -0.39 is 6.09 Å². The molecule has 296 valence electrons. The Labute approximate surface area is 338 Å². The average molecular weight is 815 g/mol. The number of hydrogen-bond donors (Lipinski definition) is 2. The average Bonchev–Trinajstić information content (AvgIpc) is 3.79. The fourth-order valence-electron chi connectivity index (χ4n) is 8.27. The molecule has 17 heteroatoms. The Kier molecular flexibility index (Phi) is 10.4. The maximum absolute atomic E-state index is 12.4. The molecule has 3 fully saturated rings. The van der Waals surface area contributed by atoms with Gasteiger partial charge in [0.25, 0.3) is 0 Å². The van der Waals surface area contributed by atoms with Crippen LogP contribution in [-0.4, -0.2) is 115 Å². The number of benzene rings is 1. The molecule has 0 bridgehead atoms. The van der Waals surface area contributed by atoms with Gasteiger partial charge in [-0.25, -0.2) is 19.3 Å². The summed E-state index contributed by atoms with van der Waals surface area (Å²) >= 11 is 14.3. The SMILES string of the molecule is COc1nc(-c2cccc(-c3ccnc(-c4cc(OC)c5nc(CN6CC7(CNC(=O)C7)C6)nn5c4)c3Cl)c2Cl)ccc1CN(C(=O)O)C1CCN(C(C)=O)CC1. The highest BCUT2D eigenvalue weighted by atomic mass is 35.5. The van der Waals surface area contributed by atoms with Crippen molar-refractivity contribution in [3.63, 3.8) is 0 Å². The van der Waals surface area contributed by atoms with E-state index in [9.17, 15) is 19.5 Å². The number of aromatic nitrogens is 5. The van der Waals surface area contributed by atoms with Gasteiger partial charge < -0.3 is 29.7 Å². The number of carboxylic acid groups (broad SMARTS) is 1. The maximum atomic E-state index is 12.4. The lowest BCUT2D eigenvalue weighted by Gasteiger charge is -2.46. The fraction of sp³-hybridized carbons (Fsp3) is 0.375. The van der Waals surface area contributed by atoms with Crippen molar-refractivity contribution in [2.24, 2.45) is 5.41 Å². The molecule has 7 heterocycles. The van der Waals surface area contributed by atoms with Crippen LogP contribution < -0.4 is 14.8 Å². The number of likely N-dealkylation sites (tertiary alicyclic amines) is 2. The van der Waals surface area contributed by atoms with Gasteiger partial charge in [-0.05, 0) is 37.1 Å². The van der Waals surface area contributed by atoms with E-state index in [1.807, 2.05) is 30.5 Å². The number of nitrogens with one attached hydrogen (secondary N) is 1. The minimum Gasteiger partial charge on any atom is -0.493 e. The first kappa shape index (κ1) is 38.4. The molecule has 15 nitrogen and oxygen atoms in total. The van der Waals surface area contributed by atoms with Crippen molar-refractivity contribution in [3.05, 3.63) is 76.3 Å². The quantitative estimate of drug-likeness (QED) is 0.179. The zero-order chi connectivity index (χ0) is 40.0. The lowest BCUT2D eigenvalue weighted by Crippen LogP contribution is -2.56. The predicted octanol–water partition coefficient (Wildman–Crippen LogP) is 5.66. The summed E-state index contributed by atoms with van der Waals surface area (Å²) in [7, 11) is 3.07. The molecule has 3 saturated heterocycles. The van der Waals surface area contributed by atoms with Gasteiger partial charge in [-0.2, -0.15) is 0 Å². The van der Waals surface area contributed by atoms with Gasteiger partial charge in [-0.15, -0.1) is 5.10 Å². The second-order valence-corrected chi connectivity index (χ2v) is 15.6. The first-order chi connectivity index (χ1) is 27.5. The smallest absolute Gasteiger partial charge is 0.407 e. The zero-order valence-electron chi connectivity index (χ0n) is 31.7. The van der Waals surface area contributed by atoms with E-state index in [2.05, 4.69) is 15.2 Å². The van der Waals surface area contributed by atoms with Crippen molar-refractivity contribution in [1.82, 2.24) is 44.6 Å². The van der Waals surface area contributed by atoms with E-state index in [-0.39, 0.29) is 35.7 Å². The number of amides is 3. The maximum Gasteiger partial charge on any atom is 0.407 e. The number of hydrogen-bond acceptors (Lipinski definition) is 10. The Morgan fingerprint density at radius 1 is 1.02 bits per heavy atom. The van der Waals surface area contributed by atoms with Gasteiger partial charge in [-0.1, -0.05) is 41.4 Å². The summed E-state index contributed by atoms with van der Waals surface area (Å²) < 4.78 is 13.1. The Morgan fingerprint density at radius 2 is 1.77 bits per heavy atom. The van der Waals surface area contributed by atoms with E-state index in [0.717, 1.165) is 13.1 Å². The molecule has 1 spiro atoms. The summed E-state index contributed by atoms with van der Waals surface area (Å²) in [4.78, 5) is 55.5. The van der Waals surface area contributed by atoms with Gasteiger partial charge in [-0.3, -0.25) is 19.5 Å². The molecule has 0 radical (unpaired) electrons. The summed E-state index contributed by atoms with van der Waals surface area (Å²) in [6.45, 7) is 5.49. The molecule has 0 unspecified atom stereocenters. The summed E-state index contributed by atoms with van der Waals surface area (Å²) in [5.41, 5.74) is 4.79. The van der Waals surface area contributed by atoms with Gasteiger partial charge in [0.15, 0.2) is 17.2 Å². The zero-order valence-corrected chi connectivity index (χ0v) is 33.2. The fourth-order valence-corrected chi connectivity index (χ4v) is 8.92. The molecule has 1 aromatic carbocycles.